The molecule has 0 aliphatic carbocycles. The lowest BCUT2D eigenvalue weighted by atomic mass is 10.2. The molecule has 1 N–H and O–H groups in total. The van der Waals surface area contributed by atoms with E-state index in [1.54, 1.807) is 25.1 Å². The lowest BCUT2D eigenvalue weighted by Crippen LogP contribution is -1.95. The number of benzene rings is 1. The molecular weight excluding hydrogens is 328 g/mol. The Morgan fingerprint density at radius 2 is 2.10 bits per heavy atom. The summed E-state index contributed by atoms with van der Waals surface area (Å²) in [5.41, 5.74) is 0.459. The molecule has 1 aromatic carbocycles. The summed E-state index contributed by atoms with van der Waals surface area (Å²) >= 11 is 3.19. The molecule has 2 rings (SSSR count). The van der Waals surface area contributed by atoms with Crippen LogP contribution in [0, 0.1) is 10.1 Å². The summed E-state index contributed by atoms with van der Waals surface area (Å²) in [5.74, 6) is 0.763. The zero-order chi connectivity index (χ0) is 14.7. The van der Waals surface area contributed by atoms with E-state index in [0.29, 0.717) is 21.7 Å². The van der Waals surface area contributed by atoms with Crippen LogP contribution in [0.4, 0.5) is 5.69 Å². The number of hydrogen-bond donors (Lipinski definition) is 1. The van der Waals surface area contributed by atoms with E-state index >= 15 is 0 Å². The largest absolute Gasteiger partial charge is 0.455 e. The Hall–Kier alpha value is -1.99. The summed E-state index contributed by atoms with van der Waals surface area (Å²) in [6.07, 6.45) is 0.797. The minimum Gasteiger partial charge on any atom is -0.455 e. The molecular formula is C13H11BrN2O4. The highest BCUT2D eigenvalue weighted by Gasteiger charge is 2.10. The van der Waals surface area contributed by atoms with E-state index in [9.17, 15) is 15.2 Å². The van der Waals surface area contributed by atoms with Gasteiger partial charge in [-0.25, -0.2) is 0 Å². The van der Waals surface area contributed by atoms with E-state index in [-0.39, 0.29) is 5.69 Å². The van der Waals surface area contributed by atoms with Gasteiger partial charge in [-0.3, -0.25) is 15.1 Å². The number of aliphatic hydroxyl groups is 1. The standard InChI is InChI=1S/C13H11BrN2O4/c1-8(17)13-3-2-11(7-15-13)20-12-5-9(14)4-10(6-12)16(18)19/h2-8,17H,1H3. The van der Waals surface area contributed by atoms with Gasteiger partial charge in [0.05, 0.1) is 29.0 Å². The third kappa shape index (κ3) is 3.52. The third-order valence-corrected chi connectivity index (χ3v) is 2.95. The first kappa shape index (κ1) is 14.4. The molecule has 0 fully saturated rings. The summed E-state index contributed by atoms with van der Waals surface area (Å²) in [7, 11) is 0. The maximum atomic E-state index is 10.8. The zero-order valence-electron chi connectivity index (χ0n) is 10.5. The number of hydrogen-bond acceptors (Lipinski definition) is 5. The van der Waals surface area contributed by atoms with Gasteiger partial charge in [0.2, 0.25) is 0 Å². The Morgan fingerprint density at radius 3 is 2.65 bits per heavy atom. The number of non-ortho nitro benzene ring substituents is 1. The van der Waals surface area contributed by atoms with Crippen LogP contribution in [0.25, 0.3) is 0 Å². The van der Waals surface area contributed by atoms with Crippen LogP contribution >= 0.6 is 15.9 Å². The Labute approximate surface area is 123 Å². The van der Waals surface area contributed by atoms with Gasteiger partial charge in [0, 0.05) is 10.5 Å². The van der Waals surface area contributed by atoms with E-state index in [4.69, 9.17) is 4.74 Å². The topological polar surface area (TPSA) is 85.5 Å². The summed E-state index contributed by atoms with van der Waals surface area (Å²) in [5, 5.41) is 20.1. The van der Waals surface area contributed by atoms with Crippen LogP contribution in [0.5, 0.6) is 11.5 Å². The molecule has 0 aliphatic heterocycles. The van der Waals surface area contributed by atoms with Crippen LogP contribution in [0.1, 0.15) is 18.7 Å². The van der Waals surface area contributed by atoms with Gasteiger partial charge < -0.3 is 9.84 Å². The van der Waals surface area contributed by atoms with Crippen LogP contribution in [-0.2, 0) is 0 Å². The first-order valence-electron chi connectivity index (χ1n) is 5.72. The van der Waals surface area contributed by atoms with Gasteiger partial charge in [-0.1, -0.05) is 15.9 Å². The van der Waals surface area contributed by atoms with E-state index in [1.807, 2.05) is 0 Å². The number of rotatable bonds is 4. The van der Waals surface area contributed by atoms with Gasteiger partial charge in [-0.05, 0) is 25.1 Å². The number of pyridine rings is 1. The predicted molar refractivity (Wildman–Crippen MR) is 75.7 cm³/mol. The minimum absolute atomic E-state index is 0.0667. The van der Waals surface area contributed by atoms with Gasteiger partial charge in [0.1, 0.15) is 11.5 Å². The minimum atomic E-state index is -0.656. The van der Waals surface area contributed by atoms with Gasteiger partial charge in [-0.2, -0.15) is 0 Å². The second kappa shape index (κ2) is 5.98. The Bertz CT molecular complexity index is 629. The zero-order valence-corrected chi connectivity index (χ0v) is 12.1. The monoisotopic (exact) mass is 338 g/mol. The van der Waals surface area contributed by atoms with E-state index < -0.39 is 11.0 Å². The predicted octanol–water partition coefficient (Wildman–Crippen LogP) is 3.60. The third-order valence-electron chi connectivity index (χ3n) is 2.49. The first-order chi connectivity index (χ1) is 9.45. The number of halogens is 1. The molecule has 7 heteroatoms. The SMILES string of the molecule is CC(O)c1ccc(Oc2cc(Br)cc([N+](=O)[O-])c2)cn1. The highest BCUT2D eigenvalue weighted by atomic mass is 79.9. The van der Waals surface area contributed by atoms with Crippen molar-refractivity contribution < 1.29 is 14.8 Å². The van der Waals surface area contributed by atoms with Crippen LogP contribution < -0.4 is 4.74 Å². The number of ether oxygens (including phenoxy) is 1. The quantitative estimate of drug-likeness (QED) is 0.679. The molecule has 0 saturated heterocycles. The van der Waals surface area contributed by atoms with Gasteiger partial charge in [0.15, 0.2) is 0 Å². The molecule has 2 aromatic rings. The molecule has 1 unspecified atom stereocenters. The van der Waals surface area contributed by atoms with Crippen molar-refractivity contribution in [3.8, 4) is 11.5 Å². The average Bonchev–Trinajstić information content (AvgIpc) is 2.38. The molecule has 1 aromatic heterocycles. The number of aromatic nitrogens is 1. The molecule has 0 saturated carbocycles. The maximum absolute atomic E-state index is 10.8. The van der Waals surface area contributed by atoms with E-state index in [1.165, 1.54) is 18.3 Å². The fraction of sp³-hybridized carbons (Fsp3) is 0.154. The van der Waals surface area contributed by atoms with Crippen molar-refractivity contribution in [1.29, 1.82) is 0 Å². The fourth-order valence-corrected chi connectivity index (χ4v) is 2.01. The van der Waals surface area contributed by atoms with Crippen LogP contribution in [0.15, 0.2) is 41.0 Å². The van der Waals surface area contributed by atoms with Crippen LogP contribution in [-0.4, -0.2) is 15.0 Å². The Kier molecular flexibility index (Phi) is 4.31. The van der Waals surface area contributed by atoms with Crippen molar-refractivity contribution in [3.05, 3.63) is 56.8 Å². The molecule has 104 valence electrons. The summed E-state index contributed by atoms with van der Waals surface area (Å²) in [6.45, 7) is 1.61. The normalized spacial score (nSPS) is 11.9. The lowest BCUT2D eigenvalue weighted by molar-refractivity contribution is -0.385. The first-order valence-corrected chi connectivity index (χ1v) is 6.52. The highest BCUT2D eigenvalue weighted by Crippen LogP contribution is 2.29. The second-order valence-corrected chi connectivity index (χ2v) is 5.01. The van der Waals surface area contributed by atoms with Crippen molar-refractivity contribution in [2.75, 3.05) is 0 Å². The lowest BCUT2D eigenvalue weighted by Gasteiger charge is -2.07. The van der Waals surface area contributed by atoms with Crippen molar-refractivity contribution in [2.24, 2.45) is 0 Å². The van der Waals surface area contributed by atoms with Crippen LogP contribution in [0.3, 0.4) is 0 Å². The molecule has 0 radical (unpaired) electrons. The summed E-state index contributed by atoms with van der Waals surface area (Å²) < 4.78 is 6.06. The van der Waals surface area contributed by atoms with Crippen molar-refractivity contribution in [2.45, 2.75) is 13.0 Å². The fourth-order valence-electron chi connectivity index (χ4n) is 1.55. The molecule has 20 heavy (non-hydrogen) atoms. The smallest absolute Gasteiger partial charge is 0.274 e. The highest BCUT2D eigenvalue weighted by molar-refractivity contribution is 9.10. The number of nitro benzene ring substituents is 1. The average molecular weight is 339 g/mol. The molecule has 1 heterocycles. The number of nitrogens with zero attached hydrogens (tertiary/aromatic N) is 2. The van der Waals surface area contributed by atoms with E-state index in [0.717, 1.165) is 0 Å². The van der Waals surface area contributed by atoms with Gasteiger partial charge >= 0.3 is 0 Å². The maximum Gasteiger partial charge on any atom is 0.274 e. The Morgan fingerprint density at radius 1 is 1.35 bits per heavy atom. The molecule has 0 aliphatic rings. The summed E-state index contributed by atoms with van der Waals surface area (Å²) in [6, 6.07) is 7.61. The molecule has 0 bridgehead atoms. The number of nitro groups is 1. The van der Waals surface area contributed by atoms with Crippen LogP contribution in [0.2, 0.25) is 0 Å². The van der Waals surface area contributed by atoms with Gasteiger partial charge in [-0.15, -0.1) is 0 Å². The van der Waals surface area contributed by atoms with E-state index in [2.05, 4.69) is 20.9 Å². The van der Waals surface area contributed by atoms with Crippen molar-refractivity contribution in [1.82, 2.24) is 4.98 Å². The molecule has 1 atom stereocenters. The van der Waals surface area contributed by atoms with Gasteiger partial charge in [0.25, 0.3) is 5.69 Å². The van der Waals surface area contributed by atoms with Crippen molar-refractivity contribution >= 4 is 21.6 Å². The molecule has 0 spiro atoms. The number of aliphatic hydroxyl groups excluding tert-OH is 1. The molecule has 6 nitrogen and oxygen atoms in total. The molecule has 0 amide bonds. The summed E-state index contributed by atoms with van der Waals surface area (Å²) in [4.78, 5) is 14.3. The second-order valence-electron chi connectivity index (χ2n) is 4.10. The van der Waals surface area contributed by atoms with Crippen molar-refractivity contribution in [3.63, 3.8) is 0 Å². The Balaban J connectivity index is 2.23.